The van der Waals surface area contributed by atoms with Gasteiger partial charge in [-0.05, 0) is 12.7 Å². The minimum absolute atomic E-state index is 0.0963. The van der Waals surface area contributed by atoms with Gasteiger partial charge < -0.3 is 5.11 Å². The fraction of sp³-hybridized carbons (Fsp3) is 0.917. The molecular formula is C12H24O2S. The van der Waals surface area contributed by atoms with Crippen LogP contribution >= 0.6 is 11.8 Å². The van der Waals surface area contributed by atoms with Gasteiger partial charge in [-0.25, -0.2) is 0 Å². The zero-order valence-electron chi connectivity index (χ0n) is 10.00. The van der Waals surface area contributed by atoms with Crippen molar-refractivity contribution in [2.45, 2.75) is 64.4 Å². The fourth-order valence-electron chi connectivity index (χ4n) is 1.55. The largest absolute Gasteiger partial charge is 0.384 e. The van der Waals surface area contributed by atoms with Crippen LogP contribution in [0.15, 0.2) is 0 Å². The Hall–Kier alpha value is -0.0200. The average molecular weight is 232 g/mol. The van der Waals surface area contributed by atoms with Crippen LogP contribution in [0.1, 0.15) is 58.3 Å². The molecule has 0 fully saturated rings. The number of unbranched alkanes of at least 4 members (excludes halogenated alkanes) is 6. The number of carbonyl (C=O) groups excluding carboxylic acids is 1. The van der Waals surface area contributed by atoms with Crippen LogP contribution in [0.5, 0.6) is 0 Å². The molecule has 0 rings (SSSR count). The summed E-state index contributed by atoms with van der Waals surface area (Å²) in [7, 11) is 0. The highest BCUT2D eigenvalue weighted by Crippen LogP contribution is 2.12. The lowest BCUT2D eigenvalue weighted by Crippen LogP contribution is -2.16. The molecule has 0 aliphatic heterocycles. The maximum atomic E-state index is 11.0. The molecule has 1 N–H and O–H groups in total. The van der Waals surface area contributed by atoms with Crippen molar-refractivity contribution in [1.29, 1.82) is 0 Å². The van der Waals surface area contributed by atoms with E-state index in [0.29, 0.717) is 6.42 Å². The Bertz CT molecular complexity index is 160. The van der Waals surface area contributed by atoms with Gasteiger partial charge in [0.25, 0.3) is 0 Å². The average Bonchev–Trinajstić information content (AvgIpc) is 2.26. The van der Waals surface area contributed by atoms with E-state index in [1.54, 1.807) is 6.26 Å². The van der Waals surface area contributed by atoms with Crippen LogP contribution in [0.2, 0.25) is 0 Å². The Morgan fingerprint density at radius 3 is 2.20 bits per heavy atom. The number of carbonyl (C=O) groups is 1. The van der Waals surface area contributed by atoms with Crippen LogP contribution in [0.25, 0.3) is 0 Å². The molecule has 2 nitrogen and oxygen atoms in total. The monoisotopic (exact) mass is 232 g/mol. The molecule has 0 heterocycles. The van der Waals surface area contributed by atoms with E-state index in [2.05, 4.69) is 6.92 Å². The van der Waals surface area contributed by atoms with Crippen molar-refractivity contribution in [2.75, 3.05) is 6.26 Å². The highest BCUT2D eigenvalue weighted by Gasteiger charge is 2.12. The summed E-state index contributed by atoms with van der Waals surface area (Å²) in [5.74, 6) is 0. The number of rotatable bonds is 9. The molecule has 1 atom stereocenters. The second-order valence-electron chi connectivity index (χ2n) is 3.95. The second kappa shape index (κ2) is 10.5. The summed E-state index contributed by atoms with van der Waals surface area (Å²) >= 11 is 1.12. The predicted molar refractivity (Wildman–Crippen MR) is 67.1 cm³/mol. The SMILES string of the molecule is CCCCCCCCCC(O)C(=O)SC. The summed E-state index contributed by atoms with van der Waals surface area (Å²) in [6.07, 6.45) is 10.2. The minimum Gasteiger partial charge on any atom is -0.384 e. The van der Waals surface area contributed by atoms with Gasteiger partial charge in [0, 0.05) is 0 Å². The van der Waals surface area contributed by atoms with E-state index < -0.39 is 6.10 Å². The molecule has 0 aromatic carbocycles. The molecule has 0 bridgehead atoms. The Kier molecular flexibility index (Phi) is 10.5. The highest BCUT2D eigenvalue weighted by atomic mass is 32.2. The smallest absolute Gasteiger partial charge is 0.217 e. The van der Waals surface area contributed by atoms with Gasteiger partial charge in [-0.2, -0.15) is 0 Å². The van der Waals surface area contributed by atoms with Crippen molar-refractivity contribution >= 4 is 16.9 Å². The molecule has 90 valence electrons. The Morgan fingerprint density at radius 2 is 1.67 bits per heavy atom. The van der Waals surface area contributed by atoms with Crippen LogP contribution in [-0.4, -0.2) is 22.6 Å². The first-order valence-corrected chi connectivity index (χ1v) is 7.20. The first kappa shape index (κ1) is 15.0. The lowest BCUT2D eigenvalue weighted by Gasteiger charge is -2.06. The molecule has 0 aromatic rings. The van der Waals surface area contributed by atoms with Crippen molar-refractivity contribution < 1.29 is 9.90 Å². The molecule has 0 amide bonds. The van der Waals surface area contributed by atoms with E-state index in [9.17, 15) is 9.90 Å². The Morgan fingerprint density at radius 1 is 1.13 bits per heavy atom. The van der Waals surface area contributed by atoms with Crippen molar-refractivity contribution in [1.82, 2.24) is 0 Å². The van der Waals surface area contributed by atoms with Gasteiger partial charge >= 0.3 is 0 Å². The third-order valence-electron chi connectivity index (χ3n) is 2.55. The summed E-state index contributed by atoms with van der Waals surface area (Å²) in [5.41, 5.74) is 0. The van der Waals surface area contributed by atoms with Crippen LogP contribution < -0.4 is 0 Å². The van der Waals surface area contributed by atoms with E-state index in [4.69, 9.17) is 0 Å². The number of hydrogen-bond donors (Lipinski definition) is 1. The van der Waals surface area contributed by atoms with E-state index >= 15 is 0 Å². The van der Waals surface area contributed by atoms with Gasteiger partial charge in [0.15, 0.2) is 0 Å². The van der Waals surface area contributed by atoms with Gasteiger partial charge in [0.2, 0.25) is 5.12 Å². The lowest BCUT2D eigenvalue weighted by atomic mass is 10.1. The summed E-state index contributed by atoms with van der Waals surface area (Å²) in [6, 6.07) is 0. The first-order valence-electron chi connectivity index (χ1n) is 5.98. The van der Waals surface area contributed by atoms with Crippen molar-refractivity contribution in [3.63, 3.8) is 0 Å². The van der Waals surface area contributed by atoms with E-state index in [-0.39, 0.29) is 5.12 Å². The lowest BCUT2D eigenvalue weighted by molar-refractivity contribution is -0.118. The van der Waals surface area contributed by atoms with Gasteiger partial charge in [0.05, 0.1) is 0 Å². The zero-order chi connectivity index (χ0) is 11.5. The molecule has 0 aliphatic rings. The molecule has 0 saturated heterocycles. The van der Waals surface area contributed by atoms with Crippen molar-refractivity contribution in [3.05, 3.63) is 0 Å². The van der Waals surface area contributed by atoms with Gasteiger partial charge in [-0.15, -0.1) is 0 Å². The van der Waals surface area contributed by atoms with E-state index in [1.807, 2.05) is 0 Å². The molecule has 0 aliphatic carbocycles. The molecule has 3 heteroatoms. The molecule has 15 heavy (non-hydrogen) atoms. The third kappa shape index (κ3) is 8.94. The number of aliphatic hydroxyl groups is 1. The highest BCUT2D eigenvalue weighted by molar-refractivity contribution is 8.13. The van der Waals surface area contributed by atoms with E-state index in [0.717, 1.165) is 24.6 Å². The zero-order valence-corrected chi connectivity index (χ0v) is 10.8. The molecule has 1 unspecified atom stereocenters. The number of hydrogen-bond acceptors (Lipinski definition) is 3. The topological polar surface area (TPSA) is 37.3 Å². The Balaban J connectivity index is 3.20. The molecule has 0 saturated carbocycles. The van der Waals surface area contributed by atoms with Crippen molar-refractivity contribution in [3.8, 4) is 0 Å². The molecule has 0 radical (unpaired) electrons. The van der Waals surface area contributed by atoms with Crippen LogP contribution in [0, 0.1) is 0 Å². The maximum absolute atomic E-state index is 11.0. The minimum atomic E-state index is -0.740. The van der Waals surface area contributed by atoms with Crippen LogP contribution in [0.4, 0.5) is 0 Å². The number of thioether (sulfide) groups is 1. The van der Waals surface area contributed by atoms with Gasteiger partial charge in [-0.1, -0.05) is 63.6 Å². The van der Waals surface area contributed by atoms with Crippen LogP contribution in [-0.2, 0) is 4.79 Å². The second-order valence-corrected chi connectivity index (χ2v) is 4.76. The van der Waals surface area contributed by atoms with Crippen LogP contribution in [0.3, 0.4) is 0 Å². The third-order valence-corrected chi connectivity index (χ3v) is 3.23. The summed E-state index contributed by atoms with van der Waals surface area (Å²) in [4.78, 5) is 11.0. The summed E-state index contributed by atoms with van der Waals surface area (Å²) in [6.45, 7) is 2.21. The standard InChI is InChI=1S/C12H24O2S/c1-3-4-5-6-7-8-9-10-11(13)12(14)15-2/h11,13H,3-10H2,1-2H3. The van der Waals surface area contributed by atoms with E-state index in [1.165, 1.54) is 32.1 Å². The summed E-state index contributed by atoms with van der Waals surface area (Å²) in [5, 5.41) is 9.29. The first-order chi connectivity index (χ1) is 7.22. The number of aliphatic hydroxyl groups excluding tert-OH is 1. The van der Waals surface area contributed by atoms with Crippen molar-refractivity contribution in [2.24, 2.45) is 0 Å². The Labute approximate surface area is 97.8 Å². The molecule has 0 aromatic heterocycles. The fourth-order valence-corrected chi connectivity index (χ4v) is 1.94. The normalized spacial score (nSPS) is 12.7. The maximum Gasteiger partial charge on any atom is 0.217 e. The molecule has 0 spiro atoms. The molecular weight excluding hydrogens is 208 g/mol. The summed E-state index contributed by atoms with van der Waals surface area (Å²) < 4.78 is 0. The van der Waals surface area contributed by atoms with Gasteiger partial charge in [0.1, 0.15) is 6.10 Å². The van der Waals surface area contributed by atoms with Gasteiger partial charge in [-0.3, -0.25) is 4.79 Å². The predicted octanol–water partition coefficient (Wildman–Crippen LogP) is 3.38. The quantitative estimate of drug-likeness (QED) is 0.619.